The predicted octanol–water partition coefficient (Wildman–Crippen LogP) is 3.34. The summed E-state index contributed by atoms with van der Waals surface area (Å²) in [5.74, 6) is 2.97. The Morgan fingerprint density at radius 3 is 2.51 bits per heavy atom. The lowest BCUT2D eigenvalue weighted by Crippen LogP contribution is -2.55. The second kappa shape index (κ2) is 12.3. The van der Waals surface area contributed by atoms with Crippen LogP contribution in [0.5, 0.6) is 0 Å². The maximum Gasteiger partial charge on any atom is 0.255 e. The molecule has 0 saturated carbocycles. The summed E-state index contributed by atoms with van der Waals surface area (Å²) >= 11 is 0. The van der Waals surface area contributed by atoms with Gasteiger partial charge < -0.3 is 15.0 Å². The normalized spacial score (nSPS) is 23.6. The van der Waals surface area contributed by atoms with E-state index in [2.05, 4.69) is 52.9 Å². The highest BCUT2D eigenvalue weighted by Gasteiger charge is 2.43. The summed E-state index contributed by atoms with van der Waals surface area (Å²) in [6.07, 6.45) is 5.18. The third kappa shape index (κ3) is 6.69. The molecule has 41 heavy (non-hydrogen) atoms. The second-order valence-electron chi connectivity index (χ2n) is 12.2. The number of carbonyl (C=O) groups is 3. The van der Waals surface area contributed by atoms with Gasteiger partial charge in [-0.15, -0.1) is 0 Å². The maximum absolute atomic E-state index is 13.3. The average molecular weight is 579 g/mol. The molecule has 4 aliphatic rings. The molecule has 8 nitrogen and oxygen atoms in total. The summed E-state index contributed by atoms with van der Waals surface area (Å²) in [6.45, 7) is 4.90. The van der Waals surface area contributed by atoms with Crippen LogP contribution in [-0.2, 0) is 34.0 Å². The monoisotopic (exact) mass is 578 g/mol. The van der Waals surface area contributed by atoms with E-state index in [9.17, 15) is 14.4 Å². The van der Waals surface area contributed by atoms with Crippen LogP contribution in [0.3, 0.4) is 0 Å². The Kier molecular flexibility index (Phi) is 8.49. The van der Waals surface area contributed by atoms with E-state index >= 15 is 0 Å². The fourth-order valence-electron chi connectivity index (χ4n) is 6.17. The van der Waals surface area contributed by atoms with Gasteiger partial charge in [-0.3, -0.25) is 24.2 Å². The summed E-state index contributed by atoms with van der Waals surface area (Å²) < 4.78 is 5.75. The Bertz CT molecular complexity index is 1280. The van der Waals surface area contributed by atoms with Gasteiger partial charge in [-0.05, 0) is 72.9 Å². The number of fused-ring (bicyclic) bond motifs is 1. The molecule has 1 atom stereocenters. The first-order valence-corrected chi connectivity index (χ1v) is 17.5. The van der Waals surface area contributed by atoms with E-state index in [4.69, 9.17) is 4.74 Å². The fraction of sp³-hybridized carbons (Fsp3) is 0.531. The number of piperidine rings is 2. The molecule has 3 amide bonds. The SMILES string of the molecule is CS1(CCOCN2C(=O)CCC(N3Cc4cc(CNC5CCN(Cc6ccccc6)CC5)ccc4C3=O)C2=O)CC1. The van der Waals surface area contributed by atoms with Crippen molar-refractivity contribution in [3.05, 3.63) is 70.8 Å². The first-order chi connectivity index (χ1) is 19.9. The molecule has 2 aromatic carbocycles. The lowest BCUT2D eigenvalue weighted by molar-refractivity contribution is -0.158. The smallest absolute Gasteiger partial charge is 0.255 e. The van der Waals surface area contributed by atoms with Gasteiger partial charge in [0.05, 0.1) is 6.61 Å². The minimum atomic E-state index is -0.620. The standard InChI is InChI=1S/C32H42N4O4S/c1-41(17-18-41)16-15-40-23-36-30(37)10-9-29(32(36)39)35-22-26-19-25(7-8-28(26)31(35)38)20-33-27-11-13-34(14-12-27)21-24-5-3-2-4-6-24/h2-8,19,27,29,33H,9-18,20-23H2,1H3. The second-order valence-corrected chi connectivity index (χ2v) is 16.4. The van der Waals surface area contributed by atoms with Crippen molar-refractivity contribution < 1.29 is 19.1 Å². The topological polar surface area (TPSA) is 82.2 Å². The number of amides is 3. The lowest BCUT2D eigenvalue weighted by Gasteiger charge is -2.35. The third-order valence-electron chi connectivity index (χ3n) is 9.13. The number of carbonyl (C=O) groups excluding carboxylic acids is 3. The van der Waals surface area contributed by atoms with Crippen LogP contribution in [0.15, 0.2) is 48.5 Å². The Hall–Kier alpha value is -2.72. The van der Waals surface area contributed by atoms with Crippen molar-refractivity contribution in [3.8, 4) is 0 Å². The molecule has 4 heterocycles. The Labute approximate surface area is 244 Å². The highest BCUT2D eigenvalue weighted by atomic mass is 32.3. The molecule has 0 aromatic heterocycles. The zero-order valence-corrected chi connectivity index (χ0v) is 24.9. The van der Waals surface area contributed by atoms with Crippen molar-refractivity contribution in [2.45, 2.75) is 57.4 Å². The van der Waals surface area contributed by atoms with E-state index in [-0.39, 0.29) is 30.9 Å². The van der Waals surface area contributed by atoms with Gasteiger partial charge in [-0.1, -0.05) is 42.5 Å². The van der Waals surface area contributed by atoms with Gasteiger partial charge in [0.15, 0.2) is 0 Å². The van der Waals surface area contributed by atoms with Crippen LogP contribution in [0.4, 0.5) is 0 Å². The molecule has 0 aliphatic carbocycles. The number of imide groups is 1. The first kappa shape index (κ1) is 28.4. The number of hydrogen-bond acceptors (Lipinski definition) is 6. The molecule has 3 fully saturated rings. The average Bonchev–Trinajstić information content (AvgIpc) is 3.63. The van der Waals surface area contributed by atoms with Crippen LogP contribution >= 0.6 is 10.0 Å². The highest BCUT2D eigenvalue weighted by Crippen LogP contribution is 2.57. The predicted molar refractivity (Wildman–Crippen MR) is 162 cm³/mol. The third-order valence-corrected chi connectivity index (χ3v) is 12.1. The fourth-order valence-corrected chi connectivity index (χ4v) is 8.23. The Morgan fingerprint density at radius 1 is 0.976 bits per heavy atom. The van der Waals surface area contributed by atoms with Crippen LogP contribution < -0.4 is 5.32 Å². The van der Waals surface area contributed by atoms with Gasteiger partial charge in [0, 0.05) is 43.4 Å². The van der Waals surface area contributed by atoms with E-state index in [0.29, 0.717) is 31.2 Å². The zero-order chi connectivity index (χ0) is 28.4. The molecular formula is C32H42N4O4S. The Morgan fingerprint density at radius 2 is 1.76 bits per heavy atom. The quantitative estimate of drug-likeness (QED) is 0.250. The van der Waals surface area contributed by atoms with Crippen molar-refractivity contribution in [2.75, 3.05) is 49.9 Å². The molecule has 6 rings (SSSR count). The largest absolute Gasteiger partial charge is 0.360 e. The number of likely N-dealkylation sites (tertiary alicyclic amines) is 2. The lowest BCUT2D eigenvalue weighted by atomic mass is 10.0. The van der Waals surface area contributed by atoms with Gasteiger partial charge in [-0.2, -0.15) is 0 Å². The summed E-state index contributed by atoms with van der Waals surface area (Å²) in [5, 5.41) is 3.72. The van der Waals surface area contributed by atoms with Crippen LogP contribution in [-0.4, -0.2) is 94.4 Å². The molecule has 0 radical (unpaired) electrons. The molecule has 4 aliphatic heterocycles. The Balaban J connectivity index is 0.993. The van der Waals surface area contributed by atoms with Gasteiger partial charge in [0.1, 0.15) is 12.8 Å². The first-order valence-electron chi connectivity index (χ1n) is 14.9. The highest BCUT2D eigenvalue weighted by molar-refractivity contribution is 8.38. The van der Waals surface area contributed by atoms with Gasteiger partial charge >= 0.3 is 0 Å². The summed E-state index contributed by atoms with van der Waals surface area (Å²) in [7, 11) is -0.466. The molecule has 0 bridgehead atoms. The van der Waals surface area contributed by atoms with Crippen molar-refractivity contribution in [1.29, 1.82) is 0 Å². The van der Waals surface area contributed by atoms with E-state index in [1.54, 1.807) is 4.90 Å². The molecule has 3 saturated heterocycles. The van der Waals surface area contributed by atoms with E-state index < -0.39 is 16.1 Å². The van der Waals surface area contributed by atoms with E-state index in [1.807, 2.05) is 12.1 Å². The molecule has 1 unspecified atom stereocenters. The van der Waals surface area contributed by atoms with Gasteiger partial charge in [0.25, 0.3) is 11.8 Å². The van der Waals surface area contributed by atoms with Gasteiger partial charge in [0.2, 0.25) is 5.91 Å². The molecule has 0 spiro atoms. The van der Waals surface area contributed by atoms with Crippen molar-refractivity contribution in [1.82, 2.24) is 20.0 Å². The van der Waals surface area contributed by atoms with Crippen LogP contribution in [0, 0.1) is 0 Å². The summed E-state index contributed by atoms with van der Waals surface area (Å²) in [6, 6.07) is 16.5. The minimum Gasteiger partial charge on any atom is -0.360 e. The number of rotatable bonds is 11. The number of ether oxygens (including phenoxy) is 1. The van der Waals surface area contributed by atoms with E-state index in [0.717, 1.165) is 55.9 Å². The summed E-state index contributed by atoms with van der Waals surface area (Å²) in [4.78, 5) is 44.5. The molecular weight excluding hydrogens is 536 g/mol. The minimum absolute atomic E-state index is 0.0142. The zero-order valence-electron chi connectivity index (χ0n) is 24.1. The summed E-state index contributed by atoms with van der Waals surface area (Å²) in [5.41, 5.74) is 4.13. The number of benzene rings is 2. The van der Waals surface area contributed by atoms with Crippen molar-refractivity contribution >= 4 is 27.7 Å². The molecule has 9 heteroatoms. The number of hydrogen-bond donors (Lipinski definition) is 1. The van der Waals surface area contributed by atoms with Crippen LogP contribution in [0.25, 0.3) is 0 Å². The number of nitrogens with one attached hydrogen (secondary N) is 1. The van der Waals surface area contributed by atoms with Crippen molar-refractivity contribution in [2.24, 2.45) is 0 Å². The van der Waals surface area contributed by atoms with Gasteiger partial charge in [-0.25, -0.2) is 10.0 Å². The van der Waals surface area contributed by atoms with Crippen LogP contribution in [0.2, 0.25) is 0 Å². The molecule has 1 N–H and O–H groups in total. The van der Waals surface area contributed by atoms with Crippen LogP contribution in [0.1, 0.15) is 52.7 Å². The van der Waals surface area contributed by atoms with Crippen molar-refractivity contribution in [3.63, 3.8) is 0 Å². The molecule has 2 aromatic rings. The molecule has 220 valence electrons. The maximum atomic E-state index is 13.3. The number of nitrogens with zero attached hydrogens (tertiary/aromatic N) is 3. The van der Waals surface area contributed by atoms with E-state index in [1.165, 1.54) is 22.0 Å².